The summed E-state index contributed by atoms with van der Waals surface area (Å²) in [6.45, 7) is 4.74. The van der Waals surface area contributed by atoms with Gasteiger partial charge in [-0.15, -0.1) is 10.2 Å². The SMILES string of the molecule is CCC(C(=O)NCCC1CCNC1)n1nnc(-c2ccc(Cl)cc2)n1. The molecule has 1 aromatic carbocycles. The topological polar surface area (TPSA) is 84.7 Å². The highest BCUT2D eigenvalue weighted by atomic mass is 35.5. The molecule has 1 saturated heterocycles. The summed E-state index contributed by atoms with van der Waals surface area (Å²) in [6.07, 6.45) is 2.78. The number of carbonyl (C=O) groups excluding carboxylic acids is 1. The van der Waals surface area contributed by atoms with Crippen molar-refractivity contribution >= 4 is 17.5 Å². The lowest BCUT2D eigenvalue weighted by Gasteiger charge is -2.14. The first-order valence-corrected chi connectivity index (χ1v) is 9.09. The zero-order valence-electron chi connectivity index (χ0n) is 14.3. The third kappa shape index (κ3) is 4.55. The molecule has 2 heterocycles. The summed E-state index contributed by atoms with van der Waals surface area (Å²) in [5, 5.41) is 19.5. The van der Waals surface area contributed by atoms with E-state index < -0.39 is 6.04 Å². The maximum Gasteiger partial charge on any atom is 0.246 e. The number of carbonyl (C=O) groups is 1. The lowest BCUT2D eigenvalue weighted by molar-refractivity contribution is -0.125. The van der Waals surface area contributed by atoms with Crippen molar-refractivity contribution in [1.29, 1.82) is 0 Å². The number of tetrazole rings is 1. The minimum atomic E-state index is -0.449. The van der Waals surface area contributed by atoms with Gasteiger partial charge in [-0.1, -0.05) is 18.5 Å². The third-order valence-electron chi connectivity index (χ3n) is 4.51. The second kappa shape index (κ2) is 8.40. The van der Waals surface area contributed by atoms with E-state index in [1.807, 2.05) is 19.1 Å². The van der Waals surface area contributed by atoms with E-state index in [-0.39, 0.29) is 5.91 Å². The number of nitrogens with zero attached hydrogens (tertiary/aromatic N) is 4. The molecule has 2 aromatic rings. The fourth-order valence-corrected chi connectivity index (χ4v) is 3.13. The second-order valence-electron chi connectivity index (χ2n) is 6.30. The first kappa shape index (κ1) is 17.8. The molecule has 0 saturated carbocycles. The monoisotopic (exact) mass is 362 g/mol. The summed E-state index contributed by atoms with van der Waals surface area (Å²) in [5.74, 6) is 1.08. The quantitative estimate of drug-likeness (QED) is 0.787. The predicted molar refractivity (Wildman–Crippen MR) is 96.2 cm³/mol. The molecule has 2 N–H and O–H groups in total. The largest absolute Gasteiger partial charge is 0.354 e. The van der Waals surface area contributed by atoms with Crippen LogP contribution in [0.3, 0.4) is 0 Å². The number of hydrogen-bond acceptors (Lipinski definition) is 5. The lowest BCUT2D eigenvalue weighted by Crippen LogP contribution is -2.34. The van der Waals surface area contributed by atoms with Crippen LogP contribution in [0.1, 0.15) is 32.2 Å². The maximum absolute atomic E-state index is 12.5. The Morgan fingerprint density at radius 3 is 2.92 bits per heavy atom. The molecule has 3 rings (SSSR count). The first-order valence-electron chi connectivity index (χ1n) is 8.71. The molecule has 0 bridgehead atoms. The molecule has 1 aliphatic rings. The van der Waals surface area contributed by atoms with Crippen molar-refractivity contribution in [2.75, 3.05) is 19.6 Å². The van der Waals surface area contributed by atoms with Crippen LogP contribution in [0, 0.1) is 5.92 Å². The highest BCUT2D eigenvalue weighted by Crippen LogP contribution is 2.18. The second-order valence-corrected chi connectivity index (χ2v) is 6.74. The van der Waals surface area contributed by atoms with Gasteiger partial charge in [0.1, 0.15) is 0 Å². The highest BCUT2D eigenvalue weighted by Gasteiger charge is 2.22. The fraction of sp³-hybridized carbons (Fsp3) is 0.529. The Morgan fingerprint density at radius 1 is 1.44 bits per heavy atom. The Labute approximate surface area is 152 Å². The van der Waals surface area contributed by atoms with E-state index in [1.54, 1.807) is 12.1 Å². The fourth-order valence-electron chi connectivity index (χ4n) is 3.00. The van der Waals surface area contributed by atoms with Crippen LogP contribution in [0.4, 0.5) is 0 Å². The van der Waals surface area contributed by atoms with Crippen LogP contribution in [0.15, 0.2) is 24.3 Å². The van der Waals surface area contributed by atoms with Crippen molar-refractivity contribution in [3.05, 3.63) is 29.3 Å². The molecule has 1 aliphatic heterocycles. The van der Waals surface area contributed by atoms with Crippen LogP contribution in [-0.2, 0) is 4.79 Å². The third-order valence-corrected chi connectivity index (χ3v) is 4.76. The van der Waals surface area contributed by atoms with Crippen molar-refractivity contribution in [1.82, 2.24) is 30.8 Å². The van der Waals surface area contributed by atoms with Crippen LogP contribution in [0.25, 0.3) is 11.4 Å². The highest BCUT2D eigenvalue weighted by molar-refractivity contribution is 6.30. The van der Waals surface area contributed by atoms with Gasteiger partial charge in [-0.2, -0.15) is 4.80 Å². The summed E-state index contributed by atoms with van der Waals surface area (Å²) in [4.78, 5) is 13.9. The Bertz CT molecular complexity index is 695. The number of benzene rings is 1. The van der Waals surface area contributed by atoms with Crippen molar-refractivity contribution in [3.8, 4) is 11.4 Å². The van der Waals surface area contributed by atoms with E-state index in [0.717, 1.165) is 25.1 Å². The average molecular weight is 363 g/mol. The molecule has 25 heavy (non-hydrogen) atoms. The van der Waals surface area contributed by atoms with Crippen molar-refractivity contribution < 1.29 is 4.79 Å². The van der Waals surface area contributed by atoms with Crippen LogP contribution in [0.2, 0.25) is 5.02 Å². The van der Waals surface area contributed by atoms with Crippen LogP contribution < -0.4 is 10.6 Å². The Morgan fingerprint density at radius 2 is 2.24 bits per heavy atom. The molecular formula is C17H23ClN6O. The van der Waals surface area contributed by atoms with Crippen molar-refractivity contribution in [3.63, 3.8) is 0 Å². The van der Waals surface area contributed by atoms with E-state index in [2.05, 4.69) is 26.0 Å². The molecular weight excluding hydrogens is 340 g/mol. The van der Waals surface area contributed by atoms with Gasteiger partial charge in [-0.3, -0.25) is 4.79 Å². The Balaban J connectivity index is 1.60. The van der Waals surface area contributed by atoms with E-state index >= 15 is 0 Å². The zero-order chi connectivity index (χ0) is 17.6. The Kier molecular flexibility index (Phi) is 5.99. The number of amides is 1. The van der Waals surface area contributed by atoms with Crippen molar-refractivity contribution in [2.45, 2.75) is 32.2 Å². The summed E-state index contributed by atoms with van der Waals surface area (Å²) in [6, 6.07) is 6.77. The lowest BCUT2D eigenvalue weighted by atomic mass is 10.1. The van der Waals surface area contributed by atoms with Gasteiger partial charge in [0.2, 0.25) is 11.7 Å². The molecule has 0 radical (unpaired) electrons. The van der Waals surface area contributed by atoms with Crippen LogP contribution in [0.5, 0.6) is 0 Å². The van der Waals surface area contributed by atoms with Gasteiger partial charge in [-0.25, -0.2) is 0 Å². The van der Waals surface area contributed by atoms with Crippen molar-refractivity contribution in [2.24, 2.45) is 5.92 Å². The Hall–Kier alpha value is -1.99. The summed E-state index contributed by atoms with van der Waals surface area (Å²) < 4.78 is 0. The average Bonchev–Trinajstić information content (AvgIpc) is 3.28. The van der Waals surface area contributed by atoms with Crippen LogP contribution >= 0.6 is 11.6 Å². The summed E-state index contributed by atoms with van der Waals surface area (Å²) in [7, 11) is 0. The number of hydrogen-bond donors (Lipinski definition) is 2. The van der Waals surface area contributed by atoms with Gasteiger partial charge in [0.15, 0.2) is 6.04 Å². The van der Waals surface area contributed by atoms with Gasteiger partial charge in [-0.05, 0) is 67.7 Å². The molecule has 2 atom stereocenters. The van der Waals surface area contributed by atoms with E-state index in [9.17, 15) is 4.79 Å². The van der Waals surface area contributed by atoms with E-state index in [0.29, 0.717) is 29.7 Å². The van der Waals surface area contributed by atoms with Gasteiger partial charge in [0, 0.05) is 17.1 Å². The predicted octanol–water partition coefficient (Wildman–Crippen LogP) is 2.06. The van der Waals surface area contributed by atoms with E-state index in [4.69, 9.17) is 11.6 Å². The number of rotatable bonds is 7. The maximum atomic E-state index is 12.5. The molecule has 1 fully saturated rings. The standard InChI is InChI=1S/C17H23ClN6O/c1-2-15(17(25)20-10-8-12-7-9-19-11-12)24-22-16(21-23-24)13-3-5-14(18)6-4-13/h3-6,12,15,19H,2,7-11H2,1H3,(H,20,25). The van der Waals surface area contributed by atoms with Gasteiger partial charge < -0.3 is 10.6 Å². The smallest absolute Gasteiger partial charge is 0.246 e. The summed E-state index contributed by atoms with van der Waals surface area (Å²) >= 11 is 5.90. The molecule has 7 nitrogen and oxygen atoms in total. The molecule has 134 valence electrons. The molecule has 0 spiro atoms. The minimum absolute atomic E-state index is 0.0616. The molecule has 8 heteroatoms. The molecule has 1 amide bonds. The molecule has 2 unspecified atom stereocenters. The number of halogens is 1. The van der Waals surface area contributed by atoms with Gasteiger partial charge in [0.05, 0.1) is 0 Å². The molecule has 1 aromatic heterocycles. The van der Waals surface area contributed by atoms with Gasteiger partial charge in [0.25, 0.3) is 0 Å². The number of aromatic nitrogens is 4. The minimum Gasteiger partial charge on any atom is -0.354 e. The van der Waals surface area contributed by atoms with E-state index in [1.165, 1.54) is 11.2 Å². The normalized spacial score (nSPS) is 18.2. The van der Waals surface area contributed by atoms with Gasteiger partial charge >= 0.3 is 0 Å². The van der Waals surface area contributed by atoms with Crippen LogP contribution in [-0.4, -0.2) is 45.7 Å². The summed E-state index contributed by atoms with van der Waals surface area (Å²) in [5.41, 5.74) is 0.819. The molecule has 0 aliphatic carbocycles. The first-order chi connectivity index (χ1) is 12.2. The zero-order valence-corrected chi connectivity index (χ0v) is 15.0. The number of nitrogens with one attached hydrogen (secondary N) is 2.